The van der Waals surface area contributed by atoms with Crippen LogP contribution in [0, 0.1) is 25.5 Å². The number of anilines is 1. The summed E-state index contributed by atoms with van der Waals surface area (Å²) in [6, 6.07) is 12.4. The number of ether oxygens (including phenoxy) is 2. The van der Waals surface area contributed by atoms with Crippen molar-refractivity contribution in [1.82, 2.24) is 14.7 Å². The minimum Gasteiger partial charge on any atom is -0.485 e. The fraction of sp³-hybridized carbons (Fsp3) is 0.276. The van der Waals surface area contributed by atoms with Crippen molar-refractivity contribution >= 4 is 23.3 Å². The minimum atomic E-state index is -0.710. The van der Waals surface area contributed by atoms with Gasteiger partial charge in [-0.3, -0.25) is 9.20 Å². The van der Waals surface area contributed by atoms with Crippen LogP contribution in [-0.2, 0) is 17.9 Å². The number of pyridine rings is 1. The van der Waals surface area contributed by atoms with E-state index in [-0.39, 0.29) is 30.2 Å². The van der Waals surface area contributed by atoms with E-state index in [0.717, 1.165) is 17.7 Å². The van der Waals surface area contributed by atoms with Crippen LogP contribution in [-0.4, -0.2) is 27.0 Å². The first kappa shape index (κ1) is 27.6. The van der Waals surface area contributed by atoms with Crippen molar-refractivity contribution in [3.8, 4) is 5.75 Å². The molecule has 2 heterocycles. The minimum absolute atomic E-state index is 0.140. The zero-order valence-corrected chi connectivity index (χ0v) is 22.4. The molecule has 0 aliphatic heterocycles. The van der Waals surface area contributed by atoms with E-state index in [2.05, 4.69) is 15.6 Å². The highest BCUT2D eigenvalue weighted by atomic mass is 19.1. The quantitative estimate of drug-likeness (QED) is 0.298. The lowest BCUT2D eigenvalue weighted by atomic mass is 10.1. The van der Waals surface area contributed by atoms with Gasteiger partial charge < -0.3 is 20.1 Å². The second kappa shape index (κ2) is 11.1. The molecule has 0 saturated heterocycles. The number of alkyl carbamates (subject to hydrolysis) is 1. The van der Waals surface area contributed by atoms with Crippen molar-refractivity contribution in [2.75, 3.05) is 5.32 Å². The summed E-state index contributed by atoms with van der Waals surface area (Å²) < 4.78 is 40.9. The monoisotopic (exact) mass is 536 g/mol. The number of aryl methyl sites for hydroxylation is 2. The van der Waals surface area contributed by atoms with E-state index in [1.165, 1.54) is 6.07 Å². The van der Waals surface area contributed by atoms with Crippen molar-refractivity contribution in [3.63, 3.8) is 0 Å². The Kier molecular flexibility index (Phi) is 7.85. The lowest BCUT2D eigenvalue weighted by Crippen LogP contribution is -2.32. The smallest absolute Gasteiger partial charge is 0.407 e. The summed E-state index contributed by atoms with van der Waals surface area (Å²) in [5.41, 5.74) is 2.13. The van der Waals surface area contributed by atoms with E-state index in [1.807, 2.05) is 6.92 Å². The molecule has 0 radical (unpaired) electrons. The number of carbonyl (C=O) groups is 2. The lowest BCUT2D eigenvalue weighted by Gasteiger charge is -2.20. The van der Waals surface area contributed by atoms with Crippen molar-refractivity contribution in [1.29, 1.82) is 0 Å². The van der Waals surface area contributed by atoms with Crippen LogP contribution in [0.2, 0.25) is 0 Å². The van der Waals surface area contributed by atoms with Gasteiger partial charge in [0.15, 0.2) is 11.4 Å². The Morgan fingerprint density at radius 3 is 2.41 bits per heavy atom. The highest BCUT2D eigenvalue weighted by molar-refractivity contribution is 6.05. The zero-order chi connectivity index (χ0) is 28.3. The van der Waals surface area contributed by atoms with Gasteiger partial charge >= 0.3 is 6.09 Å². The molecular weight excluding hydrogens is 506 g/mol. The normalized spacial score (nSPS) is 11.4. The average molecular weight is 537 g/mol. The Labute approximate surface area is 225 Å². The SMILES string of the molecule is Cc1cc(OCc2c(F)cccc2F)c2nc(C)c(C(=O)Nc3ccccc3CNC(=O)OC(C)(C)C)n2c1. The highest BCUT2D eigenvalue weighted by Gasteiger charge is 2.22. The van der Waals surface area contributed by atoms with Crippen LogP contribution < -0.4 is 15.4 Å². The number of halogens is 2. The van der Waals surface area contributed by atoms with Crippen LogP contribution >= 0.6 is 0 Å². The molecule has 4 rings (SSSR count). The number of imidazole rings is 1. The molecule has 0 spiro atoms. The molecule has 0 aliphatic carbocycles. The first-order valence-electron chi connectivity index (χ1n) is 12.3. The molecule has 204 valence electrons. The average Bonchev–Trinajstić information content (AvgIpc) is 3.17. The molecule has 2 aromatic carbocycles. The third-order valence-electron chi connectivity index (χ3n) is 5.73. The van der Waals surface area contributed by atoms with Gasteiger partial charge in [-0.25, -0.2) is 18.6 Å². The summed E-state index contributed by atoms with van der Waals surface area (Å²) in [4.78, 5) is 30.1. The molecule has 4 aromatic rings. The van der Waals surface area contributed by atoms with E-state index in [4.69, 9.17) is 9.47 Å². The number of hydrogen-bond acceptors (Lipinski definition) is 5. The first-order valence-corrected chi connectivity index (χ1v) is 12.3. The second-order valence-electron chi connectivity index (χ2n) is 10.1. The van der Waals surface area contributed by atoms with E-state index < -0.39 is 29.2 Å². The Balaban J connectivity index is 1.58. The van der Waals surface area contributed by atoms with E-state index >= 15 is 0 Å². The molecule has 2 aromatic heterocycles. The summed E-state index contributed by atoms with van der Waals surface area (Å²) in [5, 5.41) is 5.59. The number of aromatic nitrogens is 2. The fourth-order valence-electron chi connectivity index (χ4n) is 4.02. The Bertz CT molecular complexity index is 1520. The predicted molar refractivity (Wildman–Crippen MR) is 143 cm³/mol. The summed E-state index contributed by atoms with van der Waals surface area (Å²) in [7, 11) is 0. The van der Waals surface area contributed by atoms with Gasteiger partial charge in [0.05, 0.1) is 11.3 Å². The van der Waals surface area contributed by atoms with Crippen LogP contribution in [0.5, 0.6) is 5.75 Å². The van der Waals surface area contributed by atoms with Crippen molar-refractivity contribution < 1.29 is 27.8 Å². The van der Waals surface area contributed by atoms with Gasteiger partial charge in [0.2, 0.25) is 0 Å². The summed E-state index contributed by atoms with van der Waals surface area (Å²) >= 11 is 0. The van der Waals surface area contributed by atoms with Crippen LogP contribution in [0.1, 0.15) is 53.6 Å². The number of fused-ring (bicyclic) bond motifs is 1. The van der Waals surface area contributed by atoms with Crippen LogP contribution in [0.25, 0.3) is 5.65 Å². The van der Waals surface area contributed by atoms with E-state index in [9.17, 15) is 18.4 Å². The maximum absolute atomic E-state index is 14.1. The third-order valence-corrected chi connectivity index (χ3v) is 5.73. The van der Waals surface area contributed by atoms with Crippen molar-refractivity contribution in [3.05, 3.63) is 94.4 Å². The second-order valence-corrected chi connectivity index (χ2v) is 10.1. The maximum atomic E-state index is 14.1. The number of amides is 2. The molecule has 39 heavy (non-hydrogen) atoms. The highest BCUT2D eigenvalue weighted by Crippen LogP contribution is 2.27. The summed E-state index contributed by atoms with van der Waals surface area (Å²) in [5.74, 6) is -1.57. The van der Waals surface area contributed by atoms with Crippen LogP contribution in [0.15, 0.2) is 54.7 Å². The molecule has 0 unspecified atom stereocenters. The Morgan fingerprint density at radius 1 is 1.03 bits per heavy atom. The lowest BCUT2D eigenvalue weighted by molar-refractivity contribution is 0.0523. The molecule has 0 atom stereocenters. The number of para-hydroxylation sites is 1. The van der Waals surface area contributed by atoms with Crippen molar-refractivity contribution in [2.45, 2.75) is 53.4 Å². The van der Waals surface area contributed by atoms with E-state index in [1.54, 1.807) is 68.6 Å². The zero-order valence-electron chi connectivity index (χ0n) is 22.4. The Morgan fingerprint density at radius 2 is 1.72 bits per heavy atom. The van der Waals surface area contributed by atoms with Gasteiger partial charge in [0.25, 0.3) is 5.91 Å². The number of carbonyl (C=O) groups excluding carboxylic acids is 2. The van der Waals surface area contributed by atoms with Gasteiger partial charge in [-0.2, -0.15) is 0 Å². The summed E-state index contributed by atoms with van der Waals surface area (Å²) in [6.45, 7) is 8.61. The number of nitrogens with zero attached hydrogens (tertiary/aromatic N) is 2. The number of benzene rings is 2. The van der Waals surface area contributed by atoms with Gasteiger partial charge in [0, 0.05) is 18.4 Å². The third kappa shape index (κ3) is 6.51. The van der Waals surface area contributed by atoms with Crippen LogP contribution in [0.4, 0.5) is 19.3 Å². The van der Waals surface area contributed by atoms with Gasteiger partial charge in [-0.15, -0.1) is 0 Å². The summed E-state index contributed by atoms with van der Waals surface area (Å²) in [6.07, 6.45) is 1.16. The molecule has 2 amide bonds. The topological polar surface area (TPSA) is 94.0 Å². The molecule has 0 bridgehead atoms. The van der Waals surface area contributed by atoms with E-state index in [0.29, 0.717) is 22.6 Å². The molecular formula is C29H30F2N4O4. The molecule has 10 heteroatoms. The number of hydrogen-bond donors (Lipinski definition) is 2. The molecule has 0 saturated carbocycles. The molecule has 8 nitrogen and oxygen atoms in total. The fourth-order valence-corrected chi connectivity index (χ4v) is 4.02. The number of nitrogens with one attached hydrogen (secondary N) is 2. The van der Waals surface area contributed by atoms with Gasteiger partial charge in [-0.1, -0.05) is 24.3 Å². The largest absolute Gasteiger partial charge is 0.485 e. The standard InChI is InChI=1S/C29H30F2N4O4/c1-17-13-24(38-16-20-21(30)10-8-11-22(20)31)26-33-18(2)25(35(26)15-17)27(36)34-23-12-7-6-9-19(23)14-32-28(37)39-29(3,4)5/h6-13,15H,14,16H2,1-5H3,(H,32,37)(H,34,36). The predicted octanol–water partition coefficient (Wildman–Crippen LogP) is 6.09. The van der Waals surface area contributed by atoms with Gasteiger partial charge in [0.1, 0.15) is 29.5 Å². The maximum Gasteiger partial charge on any atom is 0.407 e. The van der Waals surface area contributed by atoms with Crippen LogP contribution in [0.3, 0.4) is 0 Å². The molecule has 2 N–H and O–H groups in total. The van der Waals surface area contributed by atoms with Gasteiger partial charge in [-0.05, 0) is 70.0 Å². The van der Waals surface area contributed by atoms with Crippen molar-refractivity contribution in [2.24, 2.45) is 0 Å². The first-order chi connectivity index (χ1) is 18.4. The molecule has 0 fully saturated rings. The Hall–Kier alpha value is -4.47. The molecule has 0 aliphatic rings. The number of rotatable bonds is 7.